The lowest BCUT2D eigenvalue weighted by Gasteiger charge is -2.22. The van der Waals surface area contributed by atoms with Crippen LogP contribution < -0.4 is 0 Å². The van der Waals surface area contributed by atoms with Gasteiger partial charge < -0.3 is 4.90 Å². The van der Waals surface area contributed by atoms with Crippen LogP contribution in [0.4, 0.5) is 0 Å². The Hall–Kier alpha value is -1.24. The van der Waals surface area contributed by atoms with E-state index in [2.05, 4.69) is 31.2 Å². The van der Waals surface area contributed by atoms with Gasteiger partial charge in [-0.3, -0.25) is 9.69 Å². The SMILES string of the molecule is Cc1nc(CN2CCCN(C(=O)c3cccc(C)c3Br)CC2)cs1. The highest BCUT2D eigenvalue weighted by atomic mass is 79.9. The van der Waals surface area contributed by atoms with Crippen LogP contribution in [0.25, 0.3) is 0 Å². The fourth-order valence-electron chi connectivity index (χ4n) is 3.03. The molecular formula is C18H22BrN3OS. The minimum Gasteiger partial charge on any atom is -0.337 e. The third-order valence-corrected chi connectivity index (χ3v) is 6.23. The number of hydrogen-bond acceptors (Lipinski definition) is 4. The summed E-state index contributed by atoms with van der Waals surface area (Å²) in [5.41, 5.74) is 2.99. The van der Waals surface area contributed by atoms with Crippen molar-refractivity contribution in [3.63, 3.8) is 0 Å². The molecule has 1 aromatic heterocycles. The van der Waals surface area contributed by atoms with Crippen molar-refractivity contribution in [2.24, 2.45) is 0 Å². The van der Waals surface area contributed by atoms with Crippen molar-refractivity contribution >= 4 is 33.2 Å². The van der Waals surface area contributed by atoms with Gasteiger partial charge in [-0.2, -0.15) is 0 Å². The molecule has 4 nitrogen and oxygen atoms in total. The fraction of sp³-hybridized carbons (Fsp3) is 0.444. The number of halogens is 1. The molecule has 0 spiro atoms. The predicted octanol–water partition coefficient (Wildman–Crippen LogP) is 3.87. The Kier molecular flexibility index (Phi) is 5.69. The van der Waals surface area contributed by atoms with E-state index in [4.69, 9.17) is 0 Å². The van der Waals surface area contributed by atoms with E-state index in [1.807, 2.05) is 36.9 Å². The number of benzene rings is 1. The number of aromatic nitrogens is 1. The van der Waals surface area contributed by atoms with Gasteiger partial charge in [-0.25, -0.2) is 4.98 Å². The standard InChI is InChI=1S/C18H22BrN3OS/c1-13-5-3-6-16(17(13)19)18(23)22-8-4-7-21(9-10-22)11-15-12-24-14(2)20-15/h3,5-6,12H,4,7-11H2,1-2H3. The molecule has 0 bridgehead atoms. The first-order valence-corrected chi connectivity index (χ1v) is 9.89. The molecule has 0 aliphatic carbocycles. The number of carbonyl (C=O) groups excluding carboxylic acids is 1. The van der Waals surface area contributed by atoms with E-state index in [9.17, 15) is 4.79 Å². The summed E-state index contributed by atoms with van der Waals surface area (Å²) in [6.45, 7) is 8.41. The maximum absolute atomic E-state index is 12.9. The van der Waals surface area contributed by atoms with E-state index in [-0.39, 0.29) is 5.91 Å². The van der Waals surface area contributed by atoms with Crippen molar-refractivity contribution in [2.45, 2.75) is 26.8 Å². The summed E-state index contributed by atoms with van der Waals surface area (Å²) in [7, 11) is 0. The number of rotatable bonds is 3. The third kappa shape index (κ3) is 4.05. The quantitative estimate of drug-likeness (QED) is 0.774. The number of aryl methyl sites for hydroxylation is 2. The Balaban J connectivity index is 1.64. The third-order valence-electron chi connectivity index (χ3n) is 4.35. The molecule has 3 rings (SSSR count). The highest BCUT2D eigenvalue weighted by molar-refractivity contribution is 9.10. The van der Waals surface area contributed by atoms with Gasteiger partial charge in [0.05, 0.1) is 16.3 Å². The number of amides is 1. The molecule has 2 aromatic rings. The second kappa shape index (κ2) is 7.76. The molecule has 0 radical (unpaired) electrons. The van der Waals surface area contributed by atoms with Crippen LogP contribution in [0, 0.1) is 13.8 Å². The summed E-state index contributed by atoms with van der Waals surface area (Å²) < 4.78 is 0.911. The van der Waals surface area contributed by atoms with Gasteiger partial charge in [0, 0.05) is 42.6 Å². The number of hydrogen-bond donors (Lipinski definition) is 0. The molecule has 0 atom stereocenters. The summed E-state index contributed by atoms with van der Waals surface area (Å²) >= 11 is 5.26. The van der Waals surface area contributed by atoms with Gasteiger partial charge in [-0.15, -0.1) is 11.3 Å². The minimum absolute atomic E-state index is 0.122. The van der Waals surface area contributed by atoms with E-state index in [0.29, 0.717) is 0 Å². The van der Waals surface area contributed by atoms with Crippen LogP contribution in [-0.2, 0) is 6.54 Å². The van der Waals surface area contributed by atoms with Gasteiger partial charge in [-0.1, -0.05) is 12.1 Å². The first-order chi connectivity index (χ1) is 11.5. The van der Waals surface area contributed by atoms with Crippen LogP contribution in [0.15, 0.2) is 28.1 Å². The molecular weight excluding hydrogens is 386 g/mol. The molecule has 128 valence electrons. The van der Waals surface area contributed by atoms with Crippen LogP contribution in [0.1, 0.15) is 33.0 Å². The van der Waals surface area contributed by atoms with Crippen LogP contribution >= 0.6 is 27.3 Å². The normalized spacial score (nSPS) is 16.2. The highest BCUT2D eigenvalue weighted by Gasteiger charge is 2.22. The summed E-state index contributed by atoms with van der Waals surface area (Å²) in [5.74, 6) is 0.122. The van der Waals surface area contributed by atoms with E-state index in [0.717, 1.165) is 65.4 Å². The Morgan fingerprint density at radius 3 is 2.83 bits per heavy atom. The first kappa shape index (κ1) is 17.6. The molecule has 2 heterocycles. The molecule has 1 saturated heterocycles. The van der Waals surface area contributed by atoms with Crippen molar-refractivity contribution in [1.82, 2.24) is 14.8 Å². The fourth-order valence-corrected chi connectivity index (χ4v) is 4.06. The van der Waals surface area contributed by atoms with E-state index in [1.165, 1.54) is 0 Å². The van der Waals surface area contributed by atoms with Crippen LogP contribution in [0.3, 0.4) is 0 Å². The summed E-state index contributed by atoms with van der Waals surface area (Å²) in [5, 5.41) is 3.24. The molecule has 1 aliphatic heterocycles. The van der Waals surface area contributed by atoms with E-state index in [1.54, 1.807) is 11.3 Å². The zero-order valence-electron chi connectivity index (χ0n) is 14.1. The van der Waals surface area contributed by atoms with E-state index < -0.39 is 0 Å². The molecule has 1 aromatic carbocycles. The van der Waals surface area contributed by atoms with E-state index >= 15 is 0 Å². The second-order valence-corrected chi connectivity index (χ2v) is 8.07. The molecule has 0 unspecified atom stereocenters. The molecule has 1 amide bonds. The summed E-state index contributed by atoms with van der Waals surface area (Å²) in [6.07, 6.45) is 0.998. The van der Waals surface area contributed by atoms with Gasteiger partial charge in [0.15, 0.2) is 0 Å². The van der Waals surface area contributed by atoms with Gasteiger partial charge in [0.25, 0.3) is 5.91 Å². The zero-order valence-corrected chi connectivity index (χ0v) is 16.5. The number of nitrogens with zero attached hydrogens (tertiary/aromatic N) is 3. The molecule has 24 heavy (non-hydrogen) atoms. The number of carbonyl (C=O) groups is 1. The van der Waals surface area contributed by atoms with Gasteiger partial charge in [0.1, 0.15) is 0 Å². The number of thiazole rings is 1. The zero-order chi connectivity index (χ0) is 17.1. The predicted molar refractivity (Wildman–Crippen MR) is 102 cm³/mol. The highest BCUT2D eigenvalue weighted by Crippen LogP contribution is 2.23. The van der Waals surface area contributed by atoms with Crippen molar-refractivity contribution in [3.8, 4) is 0 Å². The maximum atomic E-state index is 12.9. The maximum Gasteiger partial charge on any atom is 0.255 e. The second-order valence-electron chi connectivity index (χ2n) is 6.22. The molecule has 0 N–H and O–H groups in total. The first-order valence-electron chi connectivity index (χ1n) is 8.22. The van der Waals surface area contributed by atoms with Crippen molar-refractivity contribution < 1.29 is 4.79 Å². The Morgan fingerprint density at radius 2 is 2.08 bits per heavy atom. The van der Waals surface area contributed by atoms with Crippen molar-refractivity contribution in [2.75, 3.05) is 26.2 Å². The van der Waals surface area contributed by atoms with Gasteiger partial charge >= 0.3 is 0 Å². The Bertz CT molecular complexity index is 731. The molecule has 0 saturated carbocycles. The Morgan fingerprint density at radius 1 is 1.25 bits per heavy atom. The van der Waals surface area contributed by atoms with Crippen molar-refractivity contribution in [3.05, 3.63) is 49.9 Å². The molecule has 1 aliphatic rings. The average Bonchev–Trinajstić information content (AvgIpc) is 2.82. The Labute approximate surface area is 155 Å². The van der Waals surface area contributed by atoms with Crippen LogP contribution in [0.2, 0.25) is 0 Å². The lowest BCUT2D eigenvalue weighted by molar-refractivity contribution is 0.0760. The van der Waals surface area contributed by atoms with Crippen molar-refractivity contribution in [1.29, 1.82) is 0 Å². The van der Waals surface area contributed by atoms with Gasteiger partial charge in [-0.05, 0) is 47.8 Å². The monoisotopic (exact) mass is 407 g/mol. The largest absolute Gasteiger partial charge is 0.337 e. The smallest absolute Gasteiger partial charge is 0.255 e. The summed E-state index contributed by atoms with van der Waals surface area (Å²) in [6, 6.07) is 5.86. The molecule has 6 heteroatoms. The summed E-state index contributed by atoms with van der Waals surface area (Å²) in [4.78, 5) is 21.8. The minimum atomic E-state index is 0.122. The van der Waals surface area contributed by atoms with Crippen LogP contribution in [0.5, 0.6) is 0 Å². The van der Waals surface area contributed by atoms with Gasteiger partial charge in [0.2, 0.25) is 0 Å². The van der Waals surface area contributed by atoms with Crippen LogP contribution in [-0.4, -0.2) is 46.9 Å². The topological polar surface area (TPSA) is 36.4 Å². The average molecular weight is 408 g/mol. The lowest BCUT2D eigenvalue weighted by atomic mass is 10.1. The molecule has 1 fully saturated rings. The lowest BCUT2D eigenvalue weighted by Crippen LogP contribution is -2.35.